The van der Waals surface area contributed by atoms with Crippen LogP contribution < -0.4 is 10.1 Å². The Kier molecular flexibility index (Phi) is 5.92. The van der Waals surface area contributed by atoms with Crippen LogP contribution in [-0.4, -0.2) is 17.3 Å². The fourth-order valence-electron chi connectivity index (χ4n) is 3.30. The van der Waals surface area contributed by atoms with E-state index in [2.05, 4.69) is 62.5 Å². The van der Waals surface area contributed by atoms with Gasteiger partial charge >= 0.3 is 0 Å². The highest BCUT2D eigenvalue weighted by atomic mass is 32.2. The Morgan fingerprint density at radius 3 is 2.77 bits per heavy atom. The summed E-state index contributed by atoms with van der Waals surface area (Å²) in [7, 11) is 0. The molecular weight excluding hydrogens is 342 g/mol. The standard InChI is InChI=1S/C22H27NO2S/c1-16-9-10-20-18(13-16)19(14-22(2,3)25-20)23-21(24)11-12-26-15-17-7-5-4-6-8-17/h4-10,13,19H,11-12,14-15H2,1-3H3,(H,23,24)/t19-/m0/s1. The van der Waals surface area contributed by atoms with Crippen molar-refractivity contribution in [1.29, 1.82) is 0 Å². The summed E-state index contributed by atoms with van der Waals surface area (Å²) in [6, 6.07) is 16.6. The zero-order valence-electron chi connectivity index (χ0n) is 15.7. The maximum Gasteiger partial charge on any atom is 0.221 e. The van der Waals surface area contributed by atoms with Crippen LogP contribution in [0.5, 0.6) is 5.75 Å². The fourth-order valence-corrected chi connectivity index (χ4v) is 4.20. The zero-order valence-corrected chi connectivity index (χ0v) is 16.6. The molecule has 26 heavy (non-hydrogen) atoms. The minimum absolute atomic E-state index is 0.0141. The van der Waals surface area contributed by atoms with E-state index in [1.165, 1.54) is 11.1 Å². The molecule has 0 saturated heterocycles. The lowest BCUT2D eigenvalue weighted by atomic mass is 9.89. The van der Waals surface area contributed by atoms with E-state index in [0.29, 0.717) is 6.42 Å². The zero-order chi connectivity index (χ0) is 18.6. The van der Waals surface area contributed by atoms with Gasteiger partial charge in [-0.05, 0) is 32.4 Å². The van der Waals surface area contributed by atoms with Crippen LogP contribution in [0, 0.1) is 6.92 Å². The average Bonchev–Trinajstić information content (AvgIpc) is 2.60. The predicted octanol–water partition coefficient (Wildman–Crippen LogP) is 5.04. The normalized spacial score (nSPS) is 17.9. The van der Waals surface area contributed by atoms with Crippen molar-refractivity contribution < 1.29 is 9.53 Å². The van der Waals surface area contributed by atoms with Gasteiger partial charge in [-0.2, -0.15) is 11.8 Å². The number of thioether (sulfide) groups is 1. The summed E-state index contributed by atoms with van der Waals surface area (Å²) in [4.78, 5) is 12.5. The number of aryl methyl sites for hydroxylation is 1. The first-order valence-corrected chi connectivity index (χ1v) is 10.3. The van der Waals surface area contributed by atoms with Crippen LogP contribution in [0.1, 0.15) is 49.4 Å². The minimum atomic E-state index is -0.276. The van der Waals surface area contributed by atoms with Gasteiger partial charge in [0.15, 0.2) is 0 Å². The number of hydrogen-bond acceptors (Lipinski definition) is 3. The van der Waals surface area contributed by atoms with Crippen molar-refractivity contribution in [3.63, 3.8) is 0 Å². The van der Waals surface area contributed by atoms with Gasteiger partial charge in [0, 0.05) is 29.9 Å². The van der Waals surface area contributed by atoms with E-state index in [4.69, 9.17) is 4.74 Å². The SMILES string of the molecule is Cc1ccc2c(c1)[C@@H](NC(=O)CCSCc1ccccc1)CC(C)(C)O2. The number of rotatable bonds is 6. The Morgan fingerprint density at radius 1 is 1.23 bits per heavy atom. The molecule has 0 fully saturated rings. The van der Waals surface area contributed by atoms with Gasteiger partial charge in [0.05, 0.1) is 6.04 Å². The summed E-state index contributed by atoms with van der Waals surface area (Å²) in [5.41, 5.74) is 3.30. The van der Waals surface area contributed by atoms with Crippen LogP contribution in [0.2, 0.25) is 0 Å². The van der Waals surface area contributed by atoms with Crippen LogP contribution in [0.25, 0.3) is 0 Å². The molecule has 1 N–H and O–H groups in total. The predicted molar refractivity (Wildman–Crippen MR) is 109 cm³/mol. The molecule has 1 aliphatic heterocycles. The van der Waals surface area contributed by atoms with Crippen molar-refractivity contribution >= 4 is 17.7 Å². The van der Waals surface area contributed by atoms with E-state index < -0.39 is 0 Å². The Hall–Kier alpha value is -1.94. The van der Waals surface area contributed by atoms with E-state index in [1.54, 1.807) is 11.8 Å². The summed E-state index contributed by atoms with van der Waals surface area (Å²) in [5, 5.41) is 3.22. The second-order valence-electron chi connectivity index (χ2n) is 7.52. The monoisotopic (exact) mass is 369 g/mol. The van der Waals surface area contributed by atoms with Crippen molar-refractivity contribution in [2.45, 2.75) is 51.0 Å². The molecule has 0 unspecified atom stereocenters. The Bertz CT molecular complexity index is 758. The number of fused-ring (bicyclic) bond motifs is 1. The minimum Gasteiger partial charge on any atom is -0.487 e. The van der Waals surface area contributed by atoms with Crippen LogP contribution in [0.3, 0.4) is 0 Å². The van der Waals surface area contributed by atoms with E-state index >= 15 is 0 Å². The molecule has 138 valence electrons. The number of amides is 1. The number of benzene rings is 2. The van der Waals surface area contributed by atoms with E-state index in [-0.39, 0.29) is 17.6 Å². The first-order valence-electron chi connectivity index (χ1n) is 9.13. The van der Waals surface area contributed by atoms with Crippen molar-refractivity contribution in [2.75, 3.05) is 5.75 Å². The number of nitrogens with one attached hydrogen (secondary N) is 1. The molecule has 1 heterocycles. The molecule has 4 heteroatoms. The average molecular weight is 370 g/mol. The fraction of sp³-hybridized carbons (Fsp3) is 0.409. The molecule has 0 bridgehead atoms. The topological polar surface area (TPSA) is 38.3 Å². The third-order valence-electron chi connectivity index (χ3n) is 4.54. The molecule has 0 saturated carbocycles. The molecule has 0 spiro atoms. The van der Waals surface area contributed by atoms with Gasteiger partial charge < -0.3 is 10.1 Å². The lowest BCUT2D eigenvalue weighted by Crippen LogP contribution is -2.41. The molecule has 0 radical (unpaired) electrons. The quantitative estimate of drug-likeness (QED) is 0.725. The molecule has 3 nitrogen and oxygen atoms in total. The second-order valence-corrected chi connectivity index (χ2v) is 8.62. The molecule has 3 rings (SSSR count). The van der Waals surface area contributed by atoms with Crippen LogP contribution in [0.15, 0.2) is 48.5 Å². The Balaban J connectivity index is 1.54. The first kappa shape index (κ1) is 18.8. The Morgan fingerprint density at radius 2 is 2.00 bits per heavy atom. The van der Waals surface area contributed by atoms with Gasteiger partial charge in [-0.15, -0.1) is 0 Å². The van der Waals surface area contributed by atoms with E-state index in [1.807, 2.05) is 12.1 Å². The van der Waals surface area contributed by atoms with Crippen LogP contribution >= 0.6 is 11.8 Å². The van der Waals surface area contributed by atoms with Gasteiger partial charge in [-0.3, -0.25) is 4.79 Å². The van der Waals surface area contributed by atoms with Gasteiger partial charge in [0.1, 0.15) is 11.4 Å². The number of hydrogen-bond donors (Lipinski definition) is 1. The molecule has 0 aliphatic carbocycles. The number of ether oxygens (including phenoxy) is 1. The summed E-state index contributed by atoms with van der Waals surface area (Å²) >= 11 is 1.80. The summed E-state index contributed by atoms with van der Waals surface area (Å²) in [6.45, 7) is 6.22. The smallest absolute Gasteiger partial charge is 0.221 e. The van der Waals surface area contributed by atoms with Crippen molar-refractivity contribution in [2.24, 2.45) is 0 Å². The summed E-state index contributed by atoms with van der Waals surface area (Å²) in [5.74, 6) is 2.77. The highest BCUT2D eigenvalue weighted by Gasteiger charge is 2.34. The number of carbonyl (C=O) groups excluding carboxylic acids is 1. The van der Waals surface area contributed by atoms with E-state index in [9.17, 15) is 4.79 Å². The third kappa shape index (κ3) is 5.04. The largest absolute Gasteiger partial charge is 0.487 e. The molecule has 2 aromatic rings. The van der Waals surface area contributed by atoms with Crippen molar-refractivity contribution in [1.82, 2.24) is 5.32 Å². The van der Waals surface area contributed by atoms with Crippen LogP contribution in [0.4, 0.5) is 0 Å². The molecule has 1 amide bonds. The second kappa shape index (κ2) is 8.17. The summed E-state index contributed by atoms with van der Waals surface area (Å²) < 4.78 is 6.08. The maximum absolute atomic E-state index is 12.5. The Labute approximate surface area is 160 Å². The van der Waals surface area contributed by atoms with Gasteiger partial charge in [0.25, 0.3) is 0 Å². The van der Waals surface area contributed by atoms with Crippen LogP contribution in [-0.2, 0) is 10.5 Å². The van der Waals surface area contributed by atoms with Gasteiger partial charge in [-0.1, -0.05) is 48.0 Å². The lowest BCUT2D eigenvalue weighted by Gasteiger charge is -2.38. The van der Waals surface area contributed by atoms with E-state index in [0.717, 1.165) is 29.2 Å². The highest BCUT2D eigenvalue weighted by Crippen LogP contribution is 2.39. The van der Waals surface area contributed by atoms with Crippen molar-refractivity contribution in [3.05, 3.63) is 65.2 Å². The lowest BCUT2D eigenvalue weighted by molar-refractivity contribution is -0.121. The van der Waals surface area contributed by atoms with Gasteiger partial charge in [-0.25, -0.2) is 0 Å². The maximum atomic E-state index is 12.5. The molecular formula is C22H27NO2S. The summed E-state index contributed by atoms with van der Waals surface area (Å²) in [6.07, 6.45) is 1.32. The van der Waals surface area contributed by atoms with Gasteiger partial charge in [0.2, 0.25) is 5.91 Å². The molecule has 2 aromatic carbocycles. The first-order chi connectivity index (χ1) is 12.4. The molecule has 1 atom stereocenters. The molecule has 0 aromatic heterocycles. The number of carbonyl (C=O) groups is 1. The molecule has 1 aliphatic rings. The highest BCUT2D eigenvalue weighted by molar-refractivity contribution is 7.98. The van der Waals surface area contributed by atoms with Crippen molar-refractivity contribution in [3.8, 4) is 5.75 Å². The third-order valence-corrected chi connectivity index (χ3v) is 5.57.